The summed E-state index contributed by atoms with van der Waals surface area (Å²) in [6, 6.07) is 0. The van der Waals surface area contributed by atoms with E-state index in [1.165, 1.54) is 12.5 Å². The van der Waals surface area contributed by atoms with Gasteiger partial charge in [-0.25, -0.2) is 18.1 Å². The first-order valence-electron chi connectivity index (χ1n) is 4.76. The maximum atomic E-state index is 11.7. The van der Waals surface area contributed by atoms with Gasteiger partial charge in [-0.3, -0.25) is 0 Å². The molecule has 7 heteroatoms. The van der Waals surface area contributed by atoms with E-state index in [0.29, 0.717) is 13.1 Å². The van der Waals surface area contributed by atoms with Crippen molar-refractivity contribution in [1.82, 2.24) is 14.7 Å². The number of nitrogens with two attached hydrogens (primary N) is 1. The Kier molecular flexibility index (Phi) is 2.53. The van der Waals surface area contributed by atoms with Gasteiger partial charge in [0.25, 0.3) is 10.0 Å². The number of nitrogens with zero attached hydrogens (tertiary/aromatic N) is 1. The van der Waals surface area contributed by atoms with Crippen molar-refractivity contribution in [3.05, 3.63) is 12.5 Å². The van der Waals surface area contributed by atoms with Crippen LogP contribution in [0.15, 0.2) is 17.6 Å². The SMILES string of the molecule is NCC1(CNS(=O)(=O)c2cnc[nH]2)CC1. The first kappa shape index (κ1) is 10.6. The Labute approximate surface area is 88.3 Å². The molecule has 1 aromatic rings. The van der Waals surface area contributed by atoms with Crippen LogP contribution >= 0.6 is 0 Å². The molecule has 0 aromatic carbocycles. The van der Waals surface area contributed by atoms with Crippen LogP contribution in [-0.2, 0) is 10.0 Å². The van der Waals surface area contributed by atoms with Crippen LogP contribution in [0.25, 0.3) is 0 Å². The smallest absolute Gasteiger partial charge is 0.257 e. The van der Waals surface area contributed by atoms with Gasteiger partial charge in [0.2, 0.25) is 0 Å². The van der Waals surface area contributed by atoms with Crippen LogP contribution in [0, 0.1) is 5.41 Å². The van der Waals surface area contributed by atoms with Gasteiger partial charge in [0.1, 0.15) is 0 Å². The van der Waals surface area contributed by atoms with Gasteiger partial charge in [0.15, 0.2) is 5.03 Å². The lowest BCUT2D eigenvalue weighted by atomic mass is 10.1. The molecule has 4 N–H and O–H groups in total. The predicted molar refractivity (Wildman–Crippen MR) is 54.5 cm³/mol. The molecule has 0 saturated heterocycles. The van der Waals surface area contributed by atoms with E-state index in [2.05, 4.69) is 14.7 Å². The summed E-state index contributed by atoms with van der Waals surface area (Å²) in [6.07, 6.45) is 4.61. The standard InChI is InChI=1S/C8H14N4O2S/c9-4-8(1-2-8)5-12-15(13,14)7-3-10-6-11-7/h3,6,12H,1-2,4-5,9H2,(H,10,11). The first-order chi connectivity index (χ1) is 7.08. The number of aromatic amines is 1. The van der Waals surface area contributed by atoms with Crippen molar-refractivity contribution >= 4 is 10.0 Å². The molecule has 15 heavy (non-hydrogen) atoms. The lowest BCUT2D eigenvalue weighted by Crippen LogP contribution is -2.34. The van der Waals surface area contributed by atoms with Crippen molar-refractivity contribution < 1.29 is 8.42 Å². The maximum absolute atomic E-state index is 11.7. The number of nitrogens with one attached hydrogen (secondary N) is 2. The van der Waals surface area contributed by atoms with Crippen LogP contribution in [0.1, 0.15) is 12.8 Å². The van der Waals surface area contributed by atoms with E-state index >= 15 is 0 Å². The second-order valence-electron chi connectivity index (χ2n) is 3.94. The highest BCUT2D eigenvalue weighted by Crippen LogP contribution is 2.43. The molecule has 6 nitrogen and oxygen atoms in total. The third-order valence-corrected chi connectivity index (χ3v) is 4.12. The highest BCUT2D eigenvalue weighted by atomic mass is 32.2. The molecule has 84 valence electrons. The zero-order valence-corrected chi connectivity index (χ0v) is 9.05. The minimum absolute atomic E-state index is 0.00685. The summed E-state index contributed by atoms with van der Waals surface area (Å²) >= 11 is 0. The number of hydrogen-bond acceptors (Lipinski definition) is 4. The van der Waals surface area contributed by atoms with Crippen LogP contribution in [-0.4, -0.2) is 31.5 Å². The van der Waals surface area contributed by atoms with Crippen molar-refractivity contribution in [2.75, 3.05) is 13.1 Å². The molecular weight excluding hydrogens is 216 g/mol. The van der Waals surface area contributed by atoms with Crippen LogP contribution in [0.2, 0.25) is 0 Å². The quantitative estimate of drug-likeness (QED) is 0.630. The molecule has 1 saturated carbocycles. The normalized spacial score (nSPS) is 19.0. The van der Waals surface area contributed by atoms with Crippen LogP contribution in [0.5, 0.6) is 0 Å². The van der Waals surface area contributed by atoms with Crippen LogP contribution in [0.4, 0.5) is 0 Å². The zero-order chi connectivity index (χ0) is 10.9. The average molecular weight is 230 g/mol. The molecule has 0 radical (unpaired) electrons. The molecular formula is C8H14N4O2S. The highest BCUT2D eigenvalue weighted by Gasteiger charge is 2.41. The lowest BCUT2D eigenvalue weighted by Gasteiger charge is -2.12. The Morgan fingerprint density at radius 1 is 1.60 bits per heavy atom. The summed E-state index contributed by atoms with van der Waals surface area (Å²) in [5, 5.41) is 0.0929. The molecule has 1 heterocycles. The monoisotopic (exact) mass is 230 g/mol. The van der Waals surface area contributed by atoms with E-state index < -0.39 is 10.0 Å². The van der Waals surface area contributed by atoms with E-state index in [1.54, 1.807) is 0 Å². The maximum Gasteiger partial charge on any atom is 0.257 e. The minimum Gasteiger partial charge on any atom is -0.335 e. The van der Waals surface area contributed by atoms with Crippen molar-refractivity contribution in [1.29, 1.82) is 0 Å². The zero-order valence-electron chi connectivity index (χ0n) is 8.23. The molecule has 0 atom stereocenters. The Hall–Kier alpha value is -0.920. The van der Waals surface area contributed by atoms with Gasteiger partial charge in [0.05, 0.1) is 12.5 Å². The third kappa shape index (κ3) is 2.19. The van der Waals surface area contributed by atoms with Gasteiger partial charge < -0.3 is 10.7 Å². The summed E-state index contributed by atoms with van der Waals surface area (Å²) < 4.78 is 25.9. The molecule has 2 rings (SSSR count). The van der Waals surface area contributed by atoms with E-state index in [4.69, 9.17) is 5.73 Å². The molecule has 0 unspecified atom stereocenters. The van der Waals surface area contributed by atoms with Gasteiger partial charge in [-0.15, -0.1) is 0 Å². The van der Waals surface area contributed by atoms with Crippen LogP contribution < -0.4 is 10.5 Å². The summed E-state index contributed by atoms with van der Waals surface area (Å²) in [7, 11) is -3.44. The largest absolute Gasteiger partial charge is 0.335 e. The van der Waals surface area contributed by atoms with Gasteiger partial charge in [-0.2, -0.15) is 0 Å². The summed E-state index contributed by atoms with van der Waals surface area (Å²) in [5.74, 6) is 0. The molecule has 0 aliphatic heterocycles. The van der Waals surface area contributed by atoms with E-state index in [9.17, 15) is 8.42 Å². The summed E-state index contributed by atoms with van der Waals surface area (Å²) in [6.45, 7) is 0.934. The Balaban J connectivity index is 2.00. The van der Waals surface area contributed by atoms with Gasteiger partial charge in [-0.05, 0) is 24.8 Å². The molecule has 1 aromatic heterocycles. The second-order valence-corrected chi connectivity index (χ2v) is 5.68. The number of sulfonamides is 1. The number of H-pyrrole nitrogens is 1. The Morgan fingerprint density at radius 3 is 2.80 bits per heavy atom. The highest BCUT2D eigenvalue weighted by molar-refractivity contribution is 7.89. The fourth-order valence-corrected chi connectivity index (χ4v) is 2.40. The number of hydrogen-bond donors (Lipinski definition) is 3. The summed E-state index contributed by atoms with van der Waals surface area (Å²) in [5.41, 5.74) is 5.55. The van der Waals surface area contributed by atoms with E-state index in [0.717, 1.165) is 12.8 Å². The molecule has 1 aliphatic carbocycles. The van der Waals surface area contributed by atoms with E-state index in [-0.39, 0.29) is 10.4 Å². The Bertz CT molecular complexity index is 422. The average Bonchev–Trinajstić information content (AvgIpc) is 2.77. The molecule has 1 aliphatic rings. The molecule has 0 amide bonds. The van der Waals surface area contributed by atoms with E-state index in [1.807, 2.05) is 0 Å². The van der Waals surface area contributed by atoms with Crippen molar-refractivity contribution in [2.45, 2.75) is 17.9 Å². The first-order valence-corrected chi connectivity index (χ1v) is 6.24. The third-order valence-electron chi connectivity index (χ3n) is 2.79. The molecule has 0 bridgehead atoms. The van der Waals surface area contributed by atoms with Crippen molar-refractivity contribution in [3.8, 4) is 0 Å². The number of rotatable bonds is 5. The van der Waals surface area contributed by atoms with Gasteiger partial charge in [-0.1, -0.05) is 0 Å². The Morgan fingerprint density at radius 2 is 2.33 bits per heavy atom. The lowest BCUT2D eigenvalue weighted by molar-refractivity contribution is 0.500. The topological polar surface area (TPSA) is 101 Å². The fraction of sp³-hybridized carbons (Fsp3) is 0.625. The second kappa shape index (κ2) is 3.58. The van der Waals surface area contributed by atoms with Crippen molar-refractivity contribution in [3.63, 3.8) is 0 Å². The van der Waals surface area contributed by atoms with Gasteiger partial charge in [0, 0.05) is 6.54 Å². The van der Waals surface area contributed by atoms with Crippen molar-refractivity contribution in [2.24, 2.45) is 11.1 Å². The molecule has 0 spiro atoms. The summed E-state index contributed by atoms with van der Waals surface area (Å²) in [4.78, 5) is 6.23. The van der Waals surface area contributed by atoms with Crippen LogP contribution in [0.3, 0.4) is 0 Å². The predicted octanol–water partition coefficient (Wildman–Crippen LogP) is -0.573. The molecule has 1 fully saturated rings. The fourth-order valence-electron chi connectivity index (χ4n) is 1.35. The minimum atomic E-state index is -3.44. The number of aromatic nitrogens is 2. The van der Waals surface area contributed by atoms with Gasteiger partial charge >= 0.3 is 0 Å². The number of imidazole rings is 1.